The molecule has 0 spiro atoms. The SMILES string of the molecule is CC(C)CC1CC(=O)CC(CC(C)C)C1. The zero-order chi connectivity index (χ0) is 11.4. The van der Waals surface area contributed by atoms with Gasteiger partial charge in [0.15, 0.2) is 0 Å². The van der Waals surface area contributed by atoms with Gasteiger partial charge >= 0.3 is 0 Å². The summed E-state index contributed by atoms with van der Waals surface area (Å²) in [5.41, 5.74) is 0. The summed E-state index contributed by atoms with van der Waals surface area (Å²) in [6, 6.07) is 0. The van der Waals surface area contributed by atoms with Crippen LogP contribution in [0.5, 0.6) is 0 Å². The van der Waals surface area contributed by atoms with Gasteiger partial charge in [0.1, 0.15) is 5.78 Å². The Bertz CT molecular complexity index is 185. The summed E-state index contributed by atoms with van der Waals surface area (Å²) in [5.74, 6) is 3.34. The Morgan fingerprint density at radius 3 is 1.73 bits per heavy atom. The molecule has 2 unspecified atom stereocenters. The van der Waals surface area contributed by atoms with Crippen molar-refractivity contribution in [1.29, 1.82) is 0 Å². The molecule has 0 aliphatic heterocycles. The first-order valence-electron chi connectivity index (χ1n) is 6.49. The lowest BCUT2D eigenvalue weighted by atomic mass is 9.74. The Balaban J connectivity index is 2.44. The smallest absolute Gasteiger partial charge is 0.133 e. The number of carbonyl (C=O) groups is 1. The van der Waals surface area contributed by atoms with Gasteiger partial charge in [0.05, 0.1) is 0 Å². The van der Waals surface area contributed by atoms with E-state index in [1.807, 2.05) is 0 Å². The average Bonchev–Trinajstić information content (AvgIpc) is 1.98. The minimum atomic E-state index is 0.512. The molecule has 1 fully saturated rings. The first kappa shape index (κ1) is 12.7. The maximum atomic E-state index is 11.6. The van der Waals surface area contributed by atoms with Crippen molar-refractivity contribution in [3.8, 4) is 0 Å². The van der Waals surface area contributed by atoms with Crippen molar-refractivity contribution in [2.24, 2.45) is 23.7 Å². The molecule has 1 nitrogen and oxygen atoms in total. The van der Waals surface area contributed by atoms with Crippen molar-refractivity contribution >= 4 is 5.78 Å². The highest BCUT2D eigenvalue weighted by molar-refractivity contribution is 5.79. The van der Waals surface area contributed by atoms with Gasteiger partial charge in [-0.2, -0.15) is 0 Å². The Kier molecular flexibility index (Phi) is 4.82. The van der Waals surface area contributed by atoms with E-state index in [9.17, 15) is 4.79 Å². The third-order valence-corrected chi connectivity index (χ3v) is 3.31. The van der Waals surface area contributed by atoms with Crippen LogP contribution >= 0.6 is 0 Å². The van der Waals surface area contributed by atoms with Crippen LogP contribution in [0.1, 0.15) is 59.8 Å². The number of ketones is 1. The highest BCUT2D eigenvalue weighted by Gasteiger charge is 2.27. The van der Waals surface area contributed by atoms with E-state index in [0.717, 1.165) is 24.7 Å². The Labute approximate surface area is 94.6 Å². The molecule has 0 amide bonds. The van der Waals surface area contributed by atoms with E-state index in [-0.39, 0.29) is 0 Å². The van der Waals surface area contributed by atoms with Gasteiger partial charge < -0.3 is 0 Å². The van der Waals surface area contributed by atoms with Gasteiger partial charge in [-0.05, 0) is 42.9 Å². The lowest BCUT2D eigenvalue weighted by molar-refractivity contribution is -0.123. The van der Waals surface area contributed by atoms with E-state index < -0.39 is 0 Å². The molecule has 1 aliphatic carbocycles. The third-order valence-electron chi connectivity index (χ3n) is 3.31. The molecule has 0 aromatic carbocycles. The molecular weight excluding hydrogens is 184 g/mol. The normalized spacial score (nSPS) is 27.7. The zero-order valence-corrected chi connectivity index (χ0v) is 10.8. The fraction of sp³-hybridized carbons (Fsp3) is 0.929. The van der Waals surface area contributed by atoms with Gasteiger partial charge in [-0.1, -0.05) is 27.7 Å². The first-order chi connectivity index (χ1) is 6.97. The molecular formula is C14H26O. The molecule has 0 heterocycles. The molecule has 15 heavy (non-hydrogen) atoms. The molecule has 1 heteroatoms. The largest absolute Gasteiger partial charge is 0.300 e. The molecule has 0 saturated heterocycles. The van der Waals surface area contributed by atoms with E-state index in [1.165, 1.54) is 19.3 Å². The van der Waals surface area contributed by atoms with Crippen LogP contribution in [0.25, 0.3) is 0 Å². The van der Waals surface area contributed by atoms with Gasteiger partial charge in [-0.3, -0.25) is 4.79 Å². The van der Waals surface area contributed by atoms with Gasteiger partial charge in [0.25, 0.3) is 0 Å². The third kappa shape index (κ3) is 4.81. The Hall–Kier alpha value is -0.330. The molecule has 88 valence electrons. The van der Waals surface area contributed by atoms with Gasteiger partial charge in [0.2, 0.25) is 0 Å². The Morgan fingerprint density at radius 1 is 1.00 bits per heavy atom. The minimum Gasteiger partial charge on any atom is -0.300 e. The Morgan fingerprint density at radius 2 is 1.40 bits per heavy atom. The predicted molar refractivity (Wildman–Crippen MR) is 64.7 cm³/mol. The second kappa shape index (κ2) is 5.67. The highest BCUT2D eigenvalue weighted by atomic mass is 16.1. The van der Waals surface area contributed by atoms with Crippen LogP contribution < -0.4 is 0 Å². The van der Waals surface area contributed by atoms with Crippen LogP contribution in [0.3, 0.4) is 0 Å². The summed E-state index contributed by atoms with van der Waals surface area (Å²) in [6.07, 6.45) is 5.47. The molecule has 0 aromatic heterocycles. The molecule has 0 radical (unpaired) electrons. The van der Waals surface area contributed by atoms with Crippen LogP contribution in [0, 0.1) is 23.7 Å². The molecule has 0 aromatic rings. The van der Waals surface area contributed by atoms with Crippen molar-refractivity contribution in [3.63, 3.8) is 0 Å². The topological polar surface area (TPSA) is 17.1 Å². The van der Waals surface area contributed by atoms with Crippen LogP contribution in [0.4, 0.5) is 0 Å². The second-order valence-corrected chi connectivity index (χ2v) is 6.17. The number of rotatable bonds is 4. The molecule has 1 saturated carbocycles. The van der Waals surface area contributed by atoms with E-state index in [4.69, 9.17) is 0 Å². The number of carbonyl (C=O) groups excluding carboxylic acids is 1. The van der Waals surface area contributed by atoms with Crippen molar-refractivity contribution in [2.45, 2.75) is 59.8 Å². The summed E-state index contributed by atoms with van der Waals surface area (Å²) in [6.45, 7) is 9.04. The summed E-state index contributed by atoms with van der Waals surface area (Å²) < 4.78 is 0. The maximum Gasteiger partial charge on any atom is 0.133 e. The molecule has 1 aliphatic rings. The first-order valence-corrected chi connectivity index (χ1v) is 6.49. The van der Waals surface area contributed by atoms with Crippen molar-refractivity contribution in [3.05, 3.63) is 0 Å². The van der Waals surface area contributed by atoms with Crippen molar-refractivity contribution in [1.82, 2.24) is 0 Å². The quantitative estimate of drug-likeness (QED) is 0.683. The minimum absolute atomic E-state index is 0.512. The molecule has 0 N–H and O–H groups in total. The summed E-state index contributed by atoms with van der Waals surface area (Å²) >= 11 is 0. The molecule has 2 atom stereocenters. The monoisotopic (exact) mass is 210 g/mol. The standard InChI is InChI=1S/C14H26O/c1-10(2)5-12-7-13(6-11(3)4)9-14(15)8-12/h10-13H,5-9H2,1-4H3. The van der Waals surface area contributed by atoms with Crippen LogP contribution in [-0.4, -0.2) is 5.78 Å². The lowest BCUT2D eigenvalue weighted by Gasteiger charge is -2.30. The fourth-order valence-electron chi connectivity index (χ4n) is 3.06. The number of hydrogen-bond donors (Lipinski definition) is 0. The zero-order valence-electron chi connectivity index (χ0n) is 10.8. The van der Waals surface area contributed by atoms with Gasteiger partial charge in [-0.25, -0.2) is 0 Å². The van der Waals surface area contributed by atoms with E-state index in [2.05, 4.69) is 27.7 Å². The van der Waals surface area contributed by atoms with E-state index in [1.54, 1.807) is 0 Å². The van der Waals surface area contributed by atoms with Crippen LogP contribution in [0.2, 0.25) is 0 Å². The highest BCUT2D eigenvalue weighted by Crippen LogP contribution is 2.34. The number of Topliss-reactive ketones (excluding diaryl/α,β-unsaturated/α-hetero) is 1. The summed E-state index contributed by atoms with van der Waals surface area (Å²) in [7, 11) is 0. The van der Waals surface area contributed by atoms with Crippen LogP contribution in [-0.2, 0) is 4.79 Å². The molecule has 1 rings (SSSR count). The van der Waals surface area contributed by atoms with Crippen molar-refractivity contribution in [2.75, 3.05) is 0 Å². The van der Waals surface area contributed by atoms with Gasteiger partial charge in [0, 0.05) is 12.8 Å². The fourth-order valence-corrected chi connectivity index (χ4v) is 3.06. The van der Waals surface area contributed by atoms with E-state index >= 15 is 0 Å². The van der Waals surface area contributed by atoms with Crippen LogP contribution in [0.15, 0.2) is 0 Å². The number of hydrogen-bond acceptors (Lipinski definition) is 1. The summed E-state index contributed by atoms with van der Waals surface area (Å²) in [4.78, 5) is 11.6. The molecule has 0 bridgehead atoms. The van der Waals surface area contributed by atoms with E-state index in [0.29, 0.717) is 17.6 Å². The maximum absolute atomic E-state index is 11.6. The lowest BCUT2D eigenvalue weighted by Crippen LogP contribution is -2.24. The average molecular weight is 210 g/mol. The predicted octanol–water partition coefficient (Wildman–Crippen LogP) is 4.06. The van der Waals surface area contributed by atoms with Gasteiger partial charge in [-0.15, -0.1) is 0 Å². The second-order valence-electron chi connectivity index (χ2n) is 6.17. The van der Waals surface area contributed by atoms with Crippen molar-refractivity contribution < 1.29 is 4.79 Å². The summed E-state index contributed by atoms with van der Waals surface area (Å²) in [5, 5.41) is 0.